The summed E-state index contributed by atoms with van der Waals surface area (Å²) in [4.78, 5) is 43.4. The zero-order valence-corrected chi connectivity index (χ0v) is 19.8. The smallest absolute Gasteiger partial charge is 0.329 e. The van der Waals surface area contributed by atoms with Gasteiger partial charge < -0.3 is 24.8 Å². The van der Waals surface area contributed by atoms with Crippen molar-refractivity contribution >= 4 is 23.1 Å². The van der Waals surface area contributed by atoms with Gasteiger partial charge in [0, 0.05) is 13.5 Å². The molecule has 2 aromatic heterocycles. The summed E-state index contributed by atoms with van der Waals surface area (Å²) in [6.07, 6.45) is -0.924. The summed E-state index contributed by atoms with van der Waals surface area (Å²) >= 11 is 0. The van der Waals surface area contributed by atoms with Crippen LogP contribution in [0.25, 0.3) is 11.2 Å². The number of aliphatic hydroxyl groups is 1. The summed E-state index contributed by atoms with van der Waals surface area (Å²) in [5.41, 5.74) is 0.578. The molecule has 2 unspecified atom stereocenters. The van der Waals surface area contributed by atoms with Gasteiger partial charge in [-0.05, 0) is 24.6 Å². The highest BCUT2D eigenvalue weighted by Crippen LogP contribution is 2.19. The van der Waals surface area contributed by atoms with Gasteiger partial charge in [-0.3, -0.25) is 14.3 Å². The second kappa shape index (κ2) is 10.5. The predicted molar refractivity (Wildman–Crippen MR) is 133 cm³/mol. The van der Waals surface area contributed by atoms with E-state index < -0.39 is 29.4 Å². The number of benzene rings is 2. The molecule has 0 bridgehead atoms. The Morgan fingerprint density at radius 1 is 1.14 bits per heavy atom. The minimum Gasteiger partial charge on any atom is -0.491 e. The van der Waals surface area contributed by atoms with Gasteiger partial charge in [-0.2, -0.15) is 4.98 Å². The normalized spacial score (nSPS) is 12.9. The molecule has 4 aromatic rings. The zero-order chi connectivity index (χ0) is 25.8. The van der Waals surface area contributed by atoms with Crippen LogP contribution in [0.3, 0.4) is 0 Å². The van der Waals surface area contributed by atoms with Gasteiger partial charge in [0.25, 0.3) is 5.56 Å². The van der Waals surface area contributed by atoms with Crippen molar-refractivity contribution in [2.45, 2.75) is 32.0 Å². The van der Waals surface area contributed by atoms with E-state index in [1.165, 1.54) is 11.6 Å². The number of aryl methyl sites for hydroxylation is 2. The number of hydrogen-bond acceptors (Lipinski definition) is 7. The van der Waals surface area contributed by atoms with Gasteiger partial charge in [0.15, 0.2) is 11.2 Å². The number of carboxylic acids is 1. The molecular formula is C25H27N5O6. The van der Waals surface area contributed by atoms with E-state index in [0.717, 1.165) is 15.7 Å². The van der Waals surface area contributed by atoms with Crippen LogP contribution in [0.5, 0.6) is 5.75 Å². The number of hydrogen-bond donors (Lipinski definition) is 4. The molecule has 0 amide bonds. The third-order valence-corrected chi connectivity index (χ3v) is 5.75. The minimum absolute atomic E-state index is 0.0258. The Bertz CT molecular complexity index is 1470. The van der Waals surface area contributed by atoms with E-state index >= 15 is 0 Å². The molecule has 0 spiro atoms. The maximum atomic E-state index is 12.7. The number of fused-ring (bicyclic) bond motifs is 1. The molecule has 0 fully saturated rings. The number of aromatic nitrogens is 4. The van der Waals surface area contributed by atoms with Crippen molar-refractivity contribution in [1.29, 1.82) is 0 Å². The number of aromatic amines is 1. The lowest BCUT2D eigenvalue weighted by Crippen LogP contribution is -2.34. The number of carboxylic acid groups (broad SMARTS) is 1. The molecule has 0 saturated carbocycles. The van der Waals surface area contributed by atoms with Crippen LogP contribution in [0.15, 0.2) is 64.2 Å². The SMILES string of the molecule is Cc1ccc(OCC(O)Cn2c(NC(Cc3ccccc3)C(=O)O)nc3c2c(=O)[nH]c(=O)n3C)cc1. The first-order valence-corrected chi connectivity index (χ1v) is 11.3. The van der Waals surface area contributed by atoms with Crippen molar-refractivity contribution in [3.8, 4) is 5.75 Å². The average Bonchev–Trinajstić information content (AvgIpc) is 3.20. The van der Waals surface area contributed by atoms with Crippen molar-refractivity contribution in [3.63, 3.8) is 0 Å². The van der Waals surface area contributed by atoms with Crippen LogP contribution in [0.1, 0.15) is 11.1 Å². The number of nitrogens with zero attached hydrogens (tertiary/aromatic N) is 3. The quantitative estimate of drug-likeness (QED) is 0.258. The van der Waals surface area contributed by atoms with Crippen LogP contribution >= 0.6 is 0 Å². The lowest BCUT2D eigenvalue weighted by Gasteiger charge is -2.19. The summed E-state index contributed by atoms with van der Waals surface area (Å²) in [6.45, 7) is 1.73. The maximum absolute atomic E-state index is 12.7. The summed E-state index contributed by atoms with van der Waals surface area (Å²) < 4.78 is 8.18. The summed E-state index contributed by atoms with van der Waals surface area (Å²) in [5.74, 6) is -0.513. The Labute approximate surface area is 205 Å². The van der Waals surface area contributed by atoms with E-state index in [2.05, 4.69) is 15.3 Å². The molecule has 2 atom stereocenters. The third-order valence-electron chi connectivity index (χ3n) is 5.75. The number of ether oxygens (including phenoxy) is 1. The number of aliphatic carboxylic acids is 1. The first kappa shape index (κ1) is 24.7. The molecule has 2 aromatic carbocycles. The second-order valence-corrected chi connectivity index (χ2v) is 8.54. The summed E-state index contributed by atoms with van der Waals surface area (Å²) in [7, 11) is 1.44. The van der Waals surface area contributed by atoms with Crippen LogP contribution in [0.4, 0.5) is 5.95 Å². The van der Waals surface area contributed by atoms with E-state index in [1.54, 1.807) is 24.3 Å². The highest BCUT2D eigenvalue weighted by Gasteiger charge is 2.25. The molecular weight excluding hydrogens is 466 g/mol. The van der Waals surface area contributed by atoms with Crippen molar-refractivity contribution in [2.75, 3.05) is 11.9 Å². The highest BCUT2D eigenvalue weighted by molar-refractivity contribution is 5.79. The Morgan fingerprint density at radius 2 is 1.83 bits per heavy atom. The van der Waals surface area contributed by atoms with Gasteiger partial charge in [-0.15, -0.1) is 0 Å². The molecule has 4 rings (SSSR count). The fourth-order valence-corrected chi connectivity index (χ4v) is 3.82. The van der Waals surface area contributed by atoms with E-state index in [4.69, 9.17) is 4.74 Å². The average molecular weight is 494 g/mol. The zero-order valence-electron chi connectivity index (χ0n) is 19.8. The molecule has 0 aliphatic heterocycles. The van der Waals surface area contributed by atoms with Crippen molar-refractivity contribution in [2.24, 2.45) is 7.05 Å². The second-order valence-electron chi connectivity index (χ2n) is 8.54. The summed E-state index contributed by atoms with van der Waals surface area (Å²) in [5, 5.41) is 23.4. The Hall–Kier alpha value is -4.38. The van der Waals surface area contributed by atoms with Crippen molar-refractivity contribution < 1.29 is 19.7 Å². The lowest BCUT2D eigenvalue weighted by atomic mass is 10.1. The van der Waals surface area contributed by atoms with Crippen LogP contribution in [-0.2, 0) is 24.8 Å². The molecule has 11 nitrogen and oxygen atoms in total. The van der Waals surface area contributed by atoms with E-state index in [1.807, 2.05) is 37.3 Å². The largest absolute Gasteiger partial charge is 0.491 e. The molecule has 0 aliphatic carbocycles. The number of anilines is 1. The van der Waals surface area contributed by atoms with Crippen LogP contribution < -0.4 is 21.3 Å². The van der Waals surface area contributed by atoms with Gasteiger partial charge in [-0.25, -0.2) is 9.59 Å². The molecule has 36 heavy (non-hydrogen) atoms. The molecule has 4 N–H and O–H groups in total. The number of carbonyl (C=O) groups is 1. The molecule has 2 heterocycles. The number of aliphatic hydroxyl groups excluding tert-OH is 1. The fourth-order valence-electron chi connectivity index (χ4n) is 3.82. The number of H-pyrrole nitrogens is 1. The van der Waals surface area contributed by atoms with Crippen LogP contribution in [0.2, 0.25) is 0 Å². The number of nitrogens with one attached hydrogen (secondary N) is 2. The van der Waals surface area contributed by atoms with Gasteiger partial charge in [-0.1, -0.05) is 48.0 Å². The molecule has 0 aliphatic rings. The molecule has 0 radical (unpaired) electrons. The first-order valence-electron chi connectivity index (χ1n) is 11.3. The standard InChI is InChI=1S/C25H27N5O6/c1-15-8-10-18(11-9-15)36-14-17(31)13-30-20-21(29(2)25(35)28-22(20)32)27-24(30)26-19(23(33)34)12-16-6-4-3-5-7-16/h3-11,17,19,31H,12-14H2,1-2H3,(H,26,27)(H,33,34)(H,28,32,35). The van der Waals surface area contributed by atoms with E-state index in [0.29, 0.717) is 5.75 Å². The monoisotopic (exact) mass is 493 g/mol. The topological polar surface area (TPSA) is 151 Å². The lowest BCUT2D eigenvalue weighted by molar-refractivity contribution is -0.137. The third kappa shape index (κ3) is 5.47. The van der Waals surface area contributed by atoms with Gasteiger partial charge in [0.1, 0.15) is 24.5 Å². The Kier molecular flexibility index (Phi) is 7.20. The Balaban J connectivity index is 1.66. The van der Waals surface area contributed by atoms with Gasteiger partial charge in [0.05, 0.1) is 6.54 Å². The fraction of sp³-hybridized carbons (Fsp3) is 0.280. The minimum atomic E-state index is -1.12. The summed E-state index contributed by atoms with van der Waals surface area (Å²) in [6, 6.07) is 15.3. The molecule has 0 saturated heterocycles. The Morgan fingerprint density at radius 3 is 2.50 bits per heavy atom. The van der Waals surface area contributed by atoms with E-state index in [-0.39, 0.29) is 36.7 Å². The van der Waals surface area contributed by atoms with Gasteiger partial charge >= 0.3 is 11.7 Å². The molecule has 11 heteroatoms. The van der Waals surface area contributed by atoms with Gasteiger partial charge in [0.2, 0.25) is 5.95 Å². The highest BCUT2D eigenvalue weighted by atomic mass is 16.5. The van der Waals surface area contributed by atoms with Crippen LogP contribution in [-0.4, -0.2) is 54.0 Å². The first-order chi connectivity index (χ1) is 17.2. The maximum Gasteiger partial charge on any atom is 0.329 e. The number of rotatable bonds is 10. The van der Waals surface area contributed by atoms with Crippen LogP contribution in [0, 0.1) is 6.92 Å². The van der Waals surface area contributed by atoms with Crippen molar-refractivity contribution in [3.05, 3.63) is 86.6 Å². The predicted octanol–water partition coefficient (Wildman–Crippen LogP) is 1.28. The van der Waals surface area contributed by atoms with Crippen molar-refractivity contribution in [1.82, 2.24) is 19.1 Å². The molecule has 188 valence electrons. The van der Waals surface area contributed by atoms with E-state index in [9.17, 15) is 24.6 Å². The number of imidazole rings is 1.